The zero-order valence-electron chi connectivity index (χ0n) is 11.9. The monoisotopic (exact) mass is 301 g/mol. The highest BCUT2D eigenvalue weighted by atomic mass is 16.4. The quantitative estimate of drug-likeness (QED) is 0.521. The van der Waals surface area contributed by atoms with Crippen LogP contribution >= 0.6 is 0 Å². The van der Waals surface area contributed by atoms with E-state index in [1.54, 1.807) is 48.6 Å². The minimum absolute atomic E-state index is 0.124. The molecular formula is C16H19N3O3. The molecule has 0 spiro atoms. The van der Waals surface area contributed by atoms with Crippen molar-refractivity contribution in [2.75, 3.05) is 11.9 Å². The summed E-state index contributed by atoms with van der Waals surface area (Å²) < 4.78 is 0. The van der Waals surface area contributed by atoms with Crippen molar-refractivity contribution in [1.82, 2.24) is 0 Å². The molecule has 0 aromatic heterocycles. The van der Waals surface area contributed by atoms with Crippen LogP contribution in [-0.4, -0.2) is 34.8 Å². The number of carboxylic acids is 1. The molecule has 1 unspecified atom stereocenters. The van der Waals surface area contributed by atoms with E-state index < -0.39 is 12.0 Å². The molecule has 22 heavy (non-hydrogen) atoms. The van der Waals surface area contributed by atoms with Crippen molar-refractivity contribution in [2.45, 2.75) is 12.1 Å². The topological polar surface area (TPSA) is 122 Å². The SMILES string of the molecule is NC1C=CC(=C(O)c2ccc(NCC(N)C(=O)O)cc2)C=C1. The lowest BCUT2D eigenvalue weighted by atomic mass is 10.0. The van der Waals surface area contributed by atoms with Crippen LogP contribution in [0.4, 0.5) is 5.69 Å². The molecule has 2 rings (SSSR count). The van der Waals surface area contributed by atoms with E-state index in [9.17, 15) is 9.90 Å². The Bertz CT molecular complexity index is 617. The predicted molar refractivity (Wildman–Crippen MR) is 86.3 cm³/mol. The lowest BCUT2D eigenvalue weighted by Gasteiger charge is -2.12. The van der Waals surface area contributed by atoms with Gasteiger partial charge in [0.25, 0.3) is 0 Å². The van der Waals surface area contributed by atoms with Gasteiger partial charge in [-0.2, -0.15) is 0 Å². The minimum atomic E-state index is -1.06. The molecule has 1 aliphatic rings. The van der Waals surface area contributed by atoms with Gasteiger partial charge in [-0.1, -0.05) is 24.3 Å². The Balaban J connectivity index is 2.06. The average Bonchev–Trinajstić information content (AvgIpc) is 2.53. The number of carboxylic acid groups (broad SMARTS) is 1. The van der Waals surface area contributed by atoms with Crippen LogP contribution in [0, 0.1) is 0 Å². The summed E-state index contributed by atoms with van der Waals surface area (Å²) in [6.07, 6.45) is 7.15. The number of nitrogens with one attached hydrogen (secondary N) is 1. The molecule has 1 aliphatic carbocycles. The number of anilines is 1. The molecule has 0 heterocycles. The molecule has 6 nitrogen and oxygen atoms in total. The van der Waals surface area contributed by atoms with Crippen LogP contribution in [0.15, 0.2) is 54.1 Å². The molecule has 0 fully saturated rings. The third-order valence-electron chi connectivity index (χ3n) is 3.27. The Morgan fingerprint density at radius 2 is 1.77 bits per heavy atom. The first-order valence-corrected chi connectivity index (χ1v) is 6.85. The molecule has 116 valence electrons. The minimum Gasteiger partial charge on any atom is -0.507 e. The van der Waals surface area contributed by atoms with Crippen LogP contribution in [0.5, 0.6) is 0 Å². The maximum absolute atomic E-state index is 10.6. The molecule has 0 saturated heterocycles. The van der Waals surface area contributed by atoms with Crippen LogP contribution in [-0.2, 0) is 4.79 Å². The van der Waals surface area contributed by atoms with Gasteiger partial charge in [-0.15, -0.1) is 0 Å². The van der Waals surface area contributed by atoms with Crippen LogP contribution in [0.2, 0.25) is 0 Å². The summed E-state index contributed by atoms with van der Waals surface area (Å²) in [6.45, 7) is 0.130. The molecule has 0 saturated carbocycles. The number of allylic oxidation sites excluding steroid dienone is 3. The Hall–Kier alpha value is -2.57. The fourth-order valence-corrected chi connectivity index (χ4v) is 1.93. The van der Waals surface area contributed by atoms with E-state index in [-0.39, 0.29) is 18.3 Å². The summed E-state index contributed by atoms with van der Waals surface area (Å²) in [5.41, 5.74) is 13.2. The van der Waals surface area contributed by atoms with Gasteiger partial charge in [0.1, 0.15) is 11.8 Å². The van der Waals surface area contributed by atoms with Gasteiger partial charge in [0.05, 0.1) is 0 Å². The number of nitrogens with two attached hydrogens (primary N) is 2. The highest BCUT2D eigenvalue weighted by Crippen LogP contribution is 2.21. The largest absolute Gasteiger partial charge is 0.507 e. The molecular weight excluding hydrogens is 282 g/mol. The molecule has 1 atom stereocenters. The van der Waals surface area contributed by atoms with Gasteiger partial charge in [0, 0.05) is 29.4 Å². The number of hydrogen-bond acceptors (Lipinski definition) is 5. The summed E-state index contributed by atoms with van der Waals surface area (Å²) in [5, 5.41) is 21.9. The molecule has 0 aliphatic heterocycles. The second kappa shape index (κ2) is 6.93. The van der Waals surface area contributed by atoms with E-state index in [0.29, 0.717) is 11.1 Å². The number of carbonyl (C=O) groups is 1. The van der Waals surface area contributed by atoms with Crippen LogP contribution in [0.3, 0.4) is 0 Å². The van der Waals surface area contributed by atoms with E-state index in [1.165, 1.54) is 0 Å². The molecule has 1 aromatic carbocycles. The Kier molecular flexibility index (Phi) is 4.98. The molecule has 1 aromatic rings. The van der Waals surface area contributed by atoms with Crippen molar-refractivity contribution in [2.24, 2.45) is 11.5 Å². The van der Waals surface area contributed by atoms with Crippen LogP contribution in [0.1, 0.15) is 5.56 Å². The molecule has 0 radical (unpaired) electrons. The van der Waals surface area contributed by atoms with E-state index >= 15 is 0 Å². The first-order valence-electron chi connectivity index (χ1n) is 6.85. The summed E-state index contributed by atoms with van der Waals surface area (Å²) in [7, 11) is 0. The number of hydrogen-bond donors (Lipinski definition) is 5. The van der Waals surface area contributed by atoms with Crippen molar-refractivity contribution < 1.29 is 15.0 Å². The lowest BCUT2D eigenvalue weighted by Crippen LogP contribution is -2.36. The average molecular weight is 301 g/mol. The standard InChI is InChI=1S/C16H19N3O3/c17-12-5-1-10(2-6-12)15(20)11-3-7-13(8-4-11)19-9-14(18)16(21)22/h1-8,12,14,19-20H,9,17-18H2,(H,21,22). The van der Waals surface area contributed by atoms with Crippen LogP contribution in [0.25, 0.3) is 5.76 Å². The van der Waals surface area contributed by atoms with Gasteiger partial charge < -0.3 is 27.0 Å². The fraction of sp³-hybridized carbons (Fsp3) is 0.188. The highest BCUT2D eigenvalue weighted by Gasteiger charge is 2.11. The Labute approximate surface area is 128 Å². The summed E-state index contributed by atoms with van der Waals surface area (Å²) in [5.74, 6) is -0.895. The normalized spacial score (nSPS) is 18.1. The van der Waals surface area contributed by atoms with E-state index in [1.807, 2.05) is 0 Å². The zero-order chi connectivity index (χ0) is 16.1. The van der Waals surface area contributed by atoms with E-state index in [4.69, 9.17) is 16.6 Å². The van der Waals surface area contributed by atoms with Crippen molar-refractivity contribution in [3.8, 4) is 0 Å². The second-order valence-corrected chi connectivity index (χ2v) is 5.00. The first-order chi connectivity index (χ1) is 10.5. The van der Waals surface area contributed by atoms with Gasteiger partial charge in [0.15, 0.2) is 0 Å². The van der Waals surface area contributed by atoms with Gasteiger partial charge >= 0.3 is 5.97 Å². The van der Waals surface area contributed by atoms with Crippen molar-refractivity contribution in [3.63, 3.8) is 0 Å². The number of aliphatic hydroxyl groups excluding tert-OH is 1. The van der Waals surface area contributed by atoms with Crippen molar-refractivity contribution >= 4 is 17.4 Å². The number of aliphatic carboxylic acids is 1. The smallest absolute Gasteiger partial charge is 0.322 e. The Morgan fingerprint density at radius 3 is 2.32 bits per heavy atom. The maximum Gasteiger partial charge on any atom is 0.322 e. The molecule has 0 bridgehead atoms. The molecule has 7 N–H and O–H groups in total. The third-order valence-corrected chi connectivity index (χ3v) is 3.27. The maximum atomic E-state index is 10.6. The van der Waals surface area contributed by atoms with Gasteiger partial charge in [-0.05, 0) is 24.3 Å². The van der Waals surface area contributed by atoms with Crippen molar-refractivity contribution in [1.29, 1.82) is 0 Å². The summed E-state index contributed by atoms with van der Waals surface area (Å²) in [6, 6.07) is 5.91. The zero-order valence-corrected chi connectivity index (χ0v) is 11.9. The number of benzene rings is 1. The van der Waals surface area contributed by atoms with E-state index in [2.05, 4.69) is 5.32 Å². The lowest BCUT2D eigenvalue weighted by molar-refractivity contribution is -0.138. The van der Waals surface area contributed by atoms with Crippen LogP contribution < -0.4 is 16.8 Å². The predicted octanol–water partition coefficient (Wildman–Crippen LogP) is 1.23. The van der Waals surface area contributed by atoms with Crippen molar-refractivity contribution in [3.05, 3.63) is 59.7 Å². The fourth-order valence-electron chi connectivity index (χ4n) is 1.93. The Morgan fingerprint density at radius 1 is 1.18 bits per heavy atom. The van der Waals surface area contributed by atoms with Gasteiger partial charge in [0.2, 0.25) is 0 Å². The third kappa shape index (κ3) is 3.97. The second-order valence-electron chi connectivity index (χ2n) is 5.00. The first kappa shape index (κ1) is 15.8. The molecule has 6 heteroatoms. The number of aliphatic hydroxyl groups is 1. The number of rotatable bonds is 5. The highest BCUT2D eigenvalue weighted by molar-refractivity contribution is 5.74. The van der Waals surface area contributed by atoms with Gasteiger partial charge in [-0.3, -0.25) is 4.79 Å². The van der Waals surface area contributed by atoms with E-state index in [0.717, 1.165) is 5.69 Å². The summed E-state index contributed by atoms with van der Waals surface area (Å²) >= 11 is 0. The summed E-state index contributed by atoms with van der Waals surface area (Å²) in [4.78, 5) is 10.6. The van der Waals surface area contributed by atoms with Gasteiger partial charge in [-0.25, -0.2) is 0 Å². The molecule has 0 amide bonds.